The summed E-state index contributed by atoms with van der Waals surface area (Å²) in [5.41, 5.74) is 1.38. The van der Waals surface area contributed by atoms with Gasteiger partial charge >= 0.3 is 0 Å². The highest BCUT2D eigenvalue weighted by molar-refractivity contribution is 5.11. The van der Waals surface area contributed by atoms with Gasteiger partial charge in [-0.1, -0.05) is 26.0 Å². The maximum atomic E-state index is 4.05. The Kier molecular flexibility index (Phi) is 3.55. The first kappa shape index (κ1) is 10.8. The summed E-state index contributed by atoms with van der Waals surface area (Å²) in [7, 11) is 2.24. The minimum Gasteiger partial charge on any atom is -0.303 e. The molecule has 0 aromatic heterocycles. The second-order valence-corrected chi connectivity index (χ2v) is 4.40. The first-order chi connectivity index (χ1) is 6.11. The Morgan fingerprint density at radius 1 is 1.54 bits per heavy atom. The van der Waals surface area contributed by atoms with Crippen molar-refractivity contribution in [2.75, 3.05) is 13.6 Å². The fourth-order valence-corrected chi connectivity index (χ4v) is 2.38. The zero-order valence-electron chi connectivity index (χ0n) is 9.51. The molecule has 0 aromatic rings. The van der Waals surface area contributed by atoms with Gasteiger partial charge in [0.25, 0.3) is 0 Å². The molecule has 3 atom stereocenters. The zero-order chi connectivity index (χ0) is 10.0. The molecule has 0 heterocycles. The van der Waals surface area contributed by atoms with Crippen LogP contribution in [0.2, 0.25) is 0 Å². The van der Waals surface area contributed by atoms with E-state index < -0.39 is 0 Å². The first-order valence-corrected chi connectivity index (χ1v) is 5.47. The number of rotatable bonds is 5. The van der Waals surface area contributed by atoms with Crippen LogP contribution in [0.3, 0.4) is 0 Å². The van der Waals surface area contributed by atoms with Crippen molar-refractivity contribution in [2.45, 2.75) is 39.7 Å². The van der Waals surface area contributed by atoms with Gasteiger partial charge in [0.2, 0.25) is 0 Å². The van der Waals surface area contributed by atoms with E-state index in [1.807, 2.05) is 0 Å². The van der Waals surface area contributed by atoms with Crippen molar-refractivity contribution in [3.63, 3.8) is 0 Å². The molecule has 0 N–H and O–H groups in total. The van der Waals surface area contributed by atoms with Gasteiger partial charge in [0.1, 0.15) is 0 Å². The maximum absolute atomic E-state index is 4.05. The predicted octanol–water partition coefficient (Wildman–Crippen LogP) is 2.93. The van der Waals surface area contributed by atoms with Gasteiger partial charge in [-0.15, -0.1) is 0 Å². The molecular weight excluding hydrogens is 158 g/mol. The molecule has 1 unspecified atom stereocenters. The Labute approximate surface area is 82.8 Å². The van der Waals surface area contributed by atoms with Crippen LogP contribution in [0.4, 0.5) is 0 Å². The van der Waals surface area contributed by atoms with Gasteiger partial charge < -0.3 is 4.90 Å². The zero-order valence-corrected chi connectivity index (χ0v) is 9.51. The van der Waals surface area contributed by atoms with Gasteiger partial charge in [0, 0.05) is 6.04 Å². The summed E-state index contributed by atoms with van der Waals surface area (Å²) >= 11 is 0. The molecule has 1 aliphatic rings. The normalized spacial score (nSPS) is 29.0. The summed E-state index contributed by atoms with van der Waals surface area (Å²) in [6.07, 6.45) is 2.65. The molecule has 0 aromatic carbocycles. The number of hydrogen-bond donors (Lipinski definition) is 0. The molecule has 1 rings (SSSR count). The maximum Gasteiger partial charge on any atom is 0.0124 e. The average molecular weight is 181 g/mol. The van der Waals surface area contributed by atoms with Crippen LogP contribution in [0.5, 0.6) is 0 Å². The van der Waals surface area contributed by atoms with Crippen LogP contribution in [0.1, 0.15) is 33.6 Å². The van der Waals surface area contributed by atoms with Crippen LogP contribution in [0, 0.1) is 11.8 Å². The van der Waals surface area contributed by atoms with Gasteiger partial charge in [0.15, 0.2) is 0 Å². The Hall–Kier alpha value is -0.300. The van der Waals surface area contributed by atoms with Crippen molar-refractivity contribution in [3.05, 3.63) is 12.2 Å². The molecule has 76 valence electrons. The van der Waals surface area contributed by atoms with E-state index in [2.05, 4.69) is 39.3 Å². The summed E-state index contributed by atoms with van der Waals surface area (Å²) in [5.74, 6) is 1.71. The van der Waals surface area contributed by atoms with E-state index >= 15 is 0 Å². The average Bonchev–Trinajstić information content (AvgIpc) is 2.85. The lowest BCUT2D eigenvalue weighted by Crippen LogP contribution is -2.33. The van der Waals surface area contributed by atoms with E-state index in [1.54, 1.807) is 0 Å². The third kappa shape index (κ3) is 2.34. The number of nitrogens with zero attached hydrogens (tertiary/aromatic N) is 1. The van der Waals surface area contributed by atoms with Crippen LogP contribution in [-0.2, 0) is 0 Å². The van der Waals surface area contributed by atoms with E-state index in [1.165, 1.54) is 18.4 Å². The fourth-order valence-electron chi connectivity index (χ4n) is 2.38. The van der Waals surface area contributed by atoms with Crippen molar-refractivity contribution in [1.29, 1.82) is 0 Å². The molecule has 0 bridgehead atoms. The SMILES string of the molecule is C=C(C)[C@@H]1C[C@@H]1C(CC)N(C)CC. The highest BCUT2D eigenvalue weighted by Gasteiger charge is 2.43. The van der Waals surface area contributed by atoms with E-state index in [0.29, 0.717) is 0 Å². The minimum absolute atomic E-state index is 0.784. The quantitative estimate of drug-likeness (QED) is 0.589. The van der Waals surface area contributed by atoms with Gasteiger partial charge in [-0.2, -0.15) is 0 Å². The van der Waals surface area contributed by atoms with Crippen molar-refractivity contribution in [2.24, 2.45) is 11.8 Å². The van der Waals surface area contributed by atoms with Gasteiger partial charge in [-0.3, -0.25) is 0 Å². The molecular formula is C12H23N. The Morgan fingerprint density at radius 3 is 2.46 bits per heavy atom. The number of allylic oxidation sites excluding steroid dienone is 1. The summed E-state index contributed by atoms with van der Waals surface area (Å²) < 4.78 is 0. The standard InChI is InChI=1S/C12H23N/c1-6-12(13(5)7-2)11-8-10(11)9(3)4/h10-12H,3,6-8H2,1-2,4-5H3/t10-,11-,12?/m0/s1. The predicted molar refractivity (Wildman–Crippen MR) is 58.8 cm³/mol. The van der Waals surface area contributed by atoms with Crippen LogP contribution in [0.15, 0.2) is 12.2 Å². The monoisotopic (exact) mass is 181 g/mol. The van der Waals surface area contributed by atoms with Gasteiger partial charge in [-0.05, 0) is 45.2 Å². The third-order valence-electron chi connectivity index (χ3n) is 3.45. The fraction of sp³-hybridized carbons (Fsp3) is 0.833. The molecule has 0 spiro atoms. The summed E-state index contributed by atoms with van der Waals surface area (Å²) in [6, 6.07) is 0.784. The van der Waals surface area contributed by atoms with Crippen molar-refractivity contribution in [3.8, 4) is 0 Å². The largest absolute Gasteiger partial charge is 0.303 e. The highest BCUT2D eigenvalue weighted by Crippen LogP contribution is 2.47. The van der Waals surface area contributed by atoms with Gasteiger partial charge in [0.05, 0.1) is 0 Å². The number of hydrogen-bond acceptors (Lipinski definition) is 1. The lowest BCUT2D eigenvalue weighted by Gasteiger charge is -2.26. The topological polar surface area (TPSA) is 3.24 Å². The molecule has 13 heavy (non-hydrogen) atoms. The molecule has 0 aliphatic heterocycles. The summed E-state index contributed by atoms with van der Waals surface area (Å²) in [6.45, 7) is 11.9. The molecule has 1 saturated carbocycles. The molecule has 0 radical (unpaired) electrons. The van der Waals surface area contributed by atoms with Gasteiger partial charge in [-0.25, -0.2) is 0 Å². The van der Waals surface area contributed by atoms with Crippen LogP contribution in [-0.4, -0.2) is 24.5 Å². The Bertz CT molecular complexity index is 186. The molecule has 1 fully saturated rings. The van der Waals surface area contributed by atoms with E-state index in [9.17, 15) is 0 Å². The van der Waals surface area contributed by atoms with Crippen LogP contribution < -0.4 is 0 Å². The molecule has 1 heteroatoms. The van der Waals surface area contributed by atoms with Crippen molar-refractivity contribution < 1.29 is 0 Å². The second-order valence-electron chi connectivity index (χ2n) is 4.40. The van der Waals surface area contributed by atoms with E-state index in [4.69, 9.17) is 0 Å². The van der Waals surface area contributed by atoms with Crippen LogP contribution >= 0.6 is 0 Å². The minimum atomic E-state index is 0.784. The summed E-state index contributed by atoms with van der Waals surface area (Å²) in [4.78, 5) is 2.48. The Morgan fingerprint density at radius 2 is 2.15 bits per heavy atom. The summed E-state index contributed by atoms with van der Waals surface area (Å²) in [5, 5.41) is 0. The second kappa shape index (κ2) is 4.28. The third-order valence-corrected chi connectivity index (χ3v) is 3.45. The van der Waals surface area contributed by atoms with E-state index in [0.717, 1.165) is 24.4 Å². The first-order valence-electron chi connectivity index (χ1n) is 5.47. The van der Waals surface area contributed by atoms with E-state index in [-0.39, 0.29) is 0 Å². The van der Waals surface area contributed by atoms with Crippen molar-refractivity contribution >= 4 is 0 Å². The highest BCUT2D eigenvalue weighted by atomic mass is 15.1. The lowest BCUT2D eigenvalue weighted by molar-refractivity contribution is 0.218. The Balaban J connectivity index is 2.46. The smallest absolute Gasteiger partial charge is 0.0124 e. The lowest BCUT2D eigenvalue weighted by atomic mass is 10.0. The van der Waals surface area contributed by atoms with Crippen LogP contribution in [0.25, 0.3) is 0 Å². The molecule has 1 aliphatic carbocycles. The molecule has 0 saturated heterocycles. The molecule has 1 nitrogen and oxygen atoms in total. The van der Waals surface area contributed by atoms with Crippen molar-refractivity contribution in [1.82, 2.24) is 4.90 Å². The molecule has 0 amide bonds.